The summed E-state index contributed by atoms with van der Waals surface area (Å²) in [4.78, 5) is 39.3. The Balaban J connectivity index is 1.54. The fraction of sp³-hybridized carbons (Fsp3) is 0.286. The van der Waals surface area contributed by atoms with E-state index in [1.165, 1.54) is 0 Å². The standard InChI is InChI=1S/C21H20BrN3O3/c1-13-11-15(8-9-17(13)22)23-18(26)12-25-19(27)21(24-20(25)28)10-4-6-14-5-2-3-7-16(14)21/h2-3,5,7-9,11H,4,6,10,12H2,1H3,(H,23,26)(H,24,28). The van der Waals surface area contributed by atoms with E-state index in [4.69, 9.17) is 0 Å². The molecule has 6 nitrogen and oxygen atoms in total. The molecular weight excluding hydrogens is 422 g/mol. The zero-order valence-corrected chi connectivity index (χ0v) is 17.0. The number of benzene rings is 2. The van der Waals surface area contributed by atoms with Crippen molar-refractivity contribution in [3.8, 4) is 0 Å². The summed E-state index contributed by atoms with van der Waals surface area (Å²) in [7, 11) is 0. The highest BCUT2D eigenvalue weighted by Crippen LogP contribution is 2.39. The van der Waals surface area contributed by atoms with E-state index in [0.29, 0.717) is 12.1 Å². The monoisotopic (exact) mass is 441 g/mol. The van der Waals surface area contributed by atoms with Crippen molar-refractivity contribution >= 4 is 39.5 Å². The largest absolute Gasteiger partial charge is 0.325 e. The van der Waals surface area contributed by atoms with E-state index >= 15 is 0 Å². The van der Waals surface area contributed by atoms with Gasteiger partial charge >= 0.3 is 6.03 Å². The van der Waals surface area contributed by atoms with Gasteiger partial charge in [0.15, 0.2) is 0 Å². The number of halogens is 1. The summed E-state index contributed by atoms with van der Waals surface area (Å²) < 4.78 is 0.942. The first kappa shape index (κ1) is 18.7. The number of anilines is 1. The molecule has 1 fully saturated rings. The van der Waals surface area contributed by atoms with Crippen molar-refractivity contribution in [1.82, 2.24) is 10.2 Å². The summed E-state index contributed by atoms with van der Waals surface area (Å²) >= 11 is 3.42. The number of nitrogens with one attached hydrogen (secondary N) is 2. The van der Waals surface area contributed by atoms with Crippen LogP contribution in [0.4, 0.5) is 10.5 Å². The van der Waals surface area contributed by atoms with E-state index < -0.39 is 17.5 Å². The summed E-state index contributed by atoms with van der Waals surface area (Å²) in [6, 6.07) is 12.6. The third-order valence-electron chi connectivity index (χ3n) is 5.39. The molecular formula is C21H20BrN3O3. The van der Waals surface area contributed by atoms with Gasteiger partial charge < -0.3 is 10.6 Å². The predicted molar refractivity (Wildman–Crippen MR) is 109 cm³/mol. The van der Waals surface area contributed by atoms with Crippen molar-refractivity contribution in [2.24, 2.45) is 0 Å². The quantitative estimate of drug-likeness (QED) is 0.715. The first-order valence-corrected chi connectivity index (χ1v) is 9.98. The van der Waals surface area contributed by atoms with E-state index in [1.807, 2.05) is 43.3 Å². The number of fused-ring (bicyclic) bond motifs is 2. The summed E-state index contributed by atoms with van der Waals surface area (Å²) in [6.07, 6.45) is 2.23. The zero-order valence-electron chi connectivity index (χ0n) is 15.4. The molecule has 1 saturated heterocycles. The van der Waals surface area contributed by atoms with Crippen molar-refractivity contribution in [2.75, 3.05) is 11.9 Å². The minimum atomic E-state index is -1.06. The van der Waals surface area contributed by atoms with E-state index in [0.717, 1.165) is 38.9 Å². The number of amides is 4. The molecule has 2 aromatic rings. The Morgan fingerprint density at radius 1 is 1.25 bits per heavy atom. The van der Waals surface area contributed by atoms with Crippen LogP contribution in [-0.2, 0) is 21.5 Å². The fourth-order valence-corrected chi connectivity index (χ4v) is 4.27. The summed E-state index contributed by atoms with van der Waals surface area (Å²) in [5.41, 5.74) is 2.45. The Labute approximate surface area is 171 Å². The first-order valence-electron chi connectivity index (χ1n) is 9.19. The first-order chi connectivity index (χ1) is 13.4. The molecule has 1 spiro atoms. The lowest BCUT2D eigenvalue weighted by atomic mass is 9.76. The van der Waals surface area contributed by atoms with Crippen LogP contribution < -0.4 is 10.6 Å². The van der Waals surface area contributed by atoms with Crippen LogP contribution in [0.25, 0.3) is 0 Å². The molecule has 2 N–H and O–H groups in total. The molecule has 1 aliphatic carbocycles. The van der Waals surface area contributed by atoms with Gasteiger partial charge in [0.05, 0.1) is 0 Å². The smallest absolute Gasteiger partial charge is 0.325 e. The average molecular weight is 442 g/mol. The van der Waals surface area contributed by atoms with Gasteiger partial charge in [0.1, 0.15) is 12.1 Å². The molecule has 1 unspecified atom stereocenters. The topological polar surface area (TPSA) is 78.5 Å². The van der Waals surface area contributed by atoms with Crippen LogP contribution in [0, 0.1) is 6.92 Å². The molecule has 0 bridgehead atoms. The molecule has 1 atom stereocenters. The lowest BCUT2D eigenvalue weighted by Gasteiger charge is -2.33. The third-order valence-corrected chi connectivity index (χ3v) is 6.28. The Hall–Kier alpha value is -2.67. The van der Waals surface area contributed by atoms with Crippen LogP contribution in [0.1, 0.15) is 29.5 Å². The number of hydrogen-bond donors (Lipinski definition) is 2. The number of urea groups is 1. The average Bonchev–Trinajstić information content (AvgIpc) is 2.90. The lowest BCUT2D eigenvalue weighted by molar-refractivity contribution is -0.134. The number of rotatable bonds is 3. The number of carbonyl (C=O) groups is 3. The third kappa shape index (κ3) is 3.09. The van der Waals surface area contributed by atoms with Gasteiger partial charge in [0.25, 0.3) is 5.91 Å². The van der Waals surface area contributed by atoms with Gasteiger partial charge in [-0.05, 0) is 61.1 Å². The second-order valence-electron chi connectivity index (χ2n) is 7.25. The summed E-state index contributed by atoms with van der Waals surface area (Å²) in [6.45, 7) is 1.60. The normalized spacial score (nSPS) is 20.9. The SMILES string of the molecule is Cc1cc(NC(=O)CN2C(=O)NC3(CCCc4ccccc43)C2=O)ccc1Br. The minimum Gasteiger partial charge on any atom is -0.325 e. The van der Waals surface area contributed by atoms with Gasteiger partial charge in [-0.15, -0.1) is 0 Å². The Morgan fingerprint density at radius 2 is 2.04 bits per heavy atom. The predicted octanol–water partition coefficient (Wildman–Crippen LogP) is 3.48. The maximum absolute atomic E-state index is 13.2. The molecule has 2 aromatic carbocycles. The maximum Gasteiger partial charge on any atom is 0.325 e. The van der Waals surface area contributed by atoms with E-state index in [-0.39, 0.29) is 12.5 Å². The van der Waals surface area contributed by atoms with Crippen molar-refractivity contribution in [1.29, 1.82) is 0 Å². The molecule has 0 saturated carbocycles. The second-order valence-corrected chi connectivity index (χ2v) is 8.10. The van der Waals surface area contributed by atoms with Crippen LogP contribution in [0.15, 0.2) is 46.9 Å². The van der Waals surface area contributed by atoms with Crippen molar-refractivity contribution < 1.29 is 14.4 Å². The van der Waals surface area contributed by atoms with Crippen LogP contribution in [-0.4, -0.2) is 29.3 Å². The molecule has 0 radical (unpaired) electrons. The molecule has 4 amide bonds. The van der Waals surface area contributed by atoms with E-state index in [9.17, 15) is 14.4 Å². The second kappa shape index (κ2) is 7.05. The van der Waals surface area contributed by atoms with Crippen LogP contribution >= 0.6 is 15.9 Å². The molecule has 144 valence electrons. The highest BCUT2D eigenvalue weighted by atomic mass is 79.9. The van der Waals surface area contributed by atoms with Gasteiger partial charge in [-0.2, -0.15) is 0 Å². The van der Waals surface area contributed by atoms with Crippen LogP contribution in [0.5, 0.6) is 0 Å². The molecule has 1 aliphatic heterocycles. The van der Waals surface area contributed by atoms with Gasteiger partial charge in [-0.25, -0.2) is 4.79 Å². The molecule has 1 heterocycles. The molecule has 2 aliphatic rings. The minimum absolute atomic E-state index is 0.316. The Morgan fingerprint density at radius 3 is 2.82 bits per heavy atom. The Kier molecular flexibility index (Phi) is 4.71. The molecule has 28 heavy (non-hydrogen) atoms. The van der Waals surface area contributed by atoms with E-state index in [1.54, 1.807) is 6.07 Å². The summed E-state index contributed by atoms with van der Waals surface area (Å²) in [5, 5.41) is 5.62. The number of imide groups is 1. The van der Waals surface area contributed by atoms with E-state index in [2.05, 4.69) is 26.6 Å². The summed E-state index contributed by atoms with van der Waals surface area (Å²) in [5.74, 6) is -0.766. The number of aryl methyl sites for hydroxylation is 2. The lowest BCUT2D eigenvalue weighted by Crippen LogP contribution is -2.47. The van der Waals surface area contributed by atoms with Crippen molar-refractivity contribution in [2.45, 2.75) is 31.7 Å². The van der Waals surface area contributed by atoms with Gasteiger partial charge in [0, 0.05) is 10.2 Å². The van der Waals surface area contributed by atoms with Crippen LogP contribution in [0.3, 0.4) is 0 Å². The number of nitrogens with zero attached hydrogens (tertiary/aromatic N) is 1. The van der Waals surface area contributed by atoms with Gasteiger partial charge in [-0.3, -0.25) is 14.5 Å². The molecule has 4 rings (SSSR count). The fourth-order valence-electron chi connectivity index (χ4n) is 4.02. The van der Waals surface area contributed by atoms with Crippen molar-refractivity contribution in [3.63, 3.8) is 0 Å². The van der Waals surface area contributed by atoms with Crippen molar-refractivity contribution in [3.05, 3.63) is 63.6 Å². The molecule has 7 heteroatoms. The highest BCUT2D eigenvalue weighted by Gasteiger charge is 2.54. The number of hydrogen-bond acceptors (Lipinski definition) is 3. The van der Waals surface area contributed by atoms with Gasteiger partial charge in [-0.1, -0.05) is 40.2 Å². The van der Waals surface area contributed by atoms with Gasteiger partial charge in [0.2, 0.25) is 5.91 Å². The van der Waals surface area contributed by atoms with Crippen LogP contribution in [0.2, 0.25) is 0 Å². The zero-order chi connectivity index (χ0) is 19.9. The molecule has 0 aromatic heterocycles. The number of carbonyl (C=O) groups excluding carboxylic acids is 3. The maximum atomic E-state index is 13.2. The Bertz CT molecular complexity index is 991. The highest BCUT2D eigenvalue weighted by molar-refractivity contribution is 9.10.